The van der Waals surface area contributed by atoms with E-state index < -0.39 is 10.8 Å². The van der Waals surface area contributed by atoms with E-state index >= 15 is 0 Å². The topological polar surface area (TPSA) is 17.1 Å². The summed E-state index contributed by atoms with van der Waals surface area (Å²) >= 11 is 0. The monoisotopic (exact) mass is 334 g/mol. The van der Waals surface area contributed by atoms with Crippen LogP contribution in [0.5, 0.6) is 0 Å². The predicted octanol–water partition coefficient (Wildman–Crippen LogP) is 4.99. The molecule has 2 saturated carbocycles. The van der Waals surface area contributed by atoms with Gasteiger partial charge < -0.3 is 0 Å². The molecule has 2 aliphatic rings. The van der Waals surface area contributed by atoms with Crippen molar-refractivity contribution in [2.45, 2.75) is 74.9 Å². The van der Waals surface area contributed by atoms with Gasteiger partial charge in [0.25, 0.3) is 0 Å². The molecule has 0 radical (unpaired) electrons. The fraction of sp³-hybridized carbons (Fsp3) is 0.647. The Kier molecular flexibility index (Phi) is 8.75. The van der Waals surface area contributed by atoms with Crippen molar-refractivity contribution in [3.63, 3.8) is 0 Å². The summed E-state index contributed by atoms with van der Waals surface area (Å²) in [6.45, 7) is 2.06. The van der Waals surface area contributed by atoms with E-state index in [1.54, 1.807) is 0 Å². The summed E-state index contributed by atoms with van der Waals surface area (Å²) in [5.74, 6) is 0. The third-order valence-corrected chi connectivity index (χ3v) is 5.92. The first-order chi connectivity index (χ1) is 9.27. The summed E-state index contributed by atoms with van der Waals surface area (Å²) in [6.07, 6.45) is 12.3. The molecule has 1 aromatic carbocycles. The van der Waals surface area contributed by atoms with E-state index in [9.17, 15) is 4.21 Å². The van der Waals surface area contributed by atoms with Gasteiger partial charge in [0.1, 0.15) is 0 Å². The quantitative estimate of drug-likeness (QED) is 0.696. The summed E-state index contributed by atoms with van der Waals surface area (Å²) in [4.78, 5) is 1.00. The van der Waals surface area contributed by atoms with E-state index in [1.165, 1.54) is 50.5 Å². The van der Waals surface area contributed by atoms with Crippen LogP contribution in [0.1, 0.15) is 63.4 Å². The molecule has 0 saturated heterocycles. The van der Waals surface area contributed by atoms with Crippen molar-refractivity contribution in [2.24, 2.45) is 0 Å². The van der Waals surface area contributed by atoms with Crippen LogP contribution < -0.4 is 0 Å². The summed E-state index contributed by atoms with van der Waals surface area (Å²) in [5, 5.41) is 0.415. The number of hydrogen-bond acceptors (Lipinski definition) is 1. The van der Waals surface area contributed by atoms with Crippen LogP contribution in [0.4, 0.5) is 0 Å². The molecule has 20 heavy (non-hydrogen) atoms. The number of hydrogen-bond donors (Lipinski definition) is 0. The Morgan fingerprint density at radius 2 is 1.30 bits per heavy atom. The second-order valence-corrected chi connectivity index (χ2v) is 7.52. The maximum Gasteiger partial charge on any atom is 0.0560 e. The third kappa shape index (κ3) is 5.71. The summed E-state index contributed by atoms with van der Waals surface area (Å²) in [7, 11) is -0.767. The van der Waals surface area contributed by atoms with Crippen molar-refractivity contribution in [3.05, 3.63) is 29.8 Å². The molecule has 1 nitrogen and oxygen atoms in total. The van der Waals surface area contributed by atoms with Crippen LogP contribution in [-0.4, -0.2) is 9.46 Å². The van der Waals surface area contributed by atoms with E-state index in [4.69, 9.17) is 0 Å². The van der Waals surface area contributed by atoms with E-state index in [0.29, 0.717) is 5.25 Å². The van der Waals surface area contributed by atoms with Gasteiger partial charge in [0.05, 0.1) is 10.8 Å². The summed E-state index contributed by atoms with van der Waals surface area (Å²) in [6, 6.07) is 8.10. The van der Waals surface area contributed by atoms with Gasteiger partial charge in [-0.3, -0.25) is 4.21 Å². The van der Waals surface area contributed by atoms with Crippen molar-refractivity contribution in [2.75, 3.05) is 0 Å². The Balaban J connectivity index is 0.000000283. The van der Waals surface area contributed by atoms with Gasteiger partial charge in [-0.05, 0) is 31.9 Å². The second-order valence-electron chi connectivity index (χ2n) is 5.78. The molecule has 3 heteroatoms. The Morgan fingerprint density at radius 3 is 1.75 bits per heavy atom. The van der Waals surface area contributed by atoms with Gasteiger partial charge in [-0.25, -0.2) is 0 Å². The van der Waals surface area contributed by atoms with Gasteiger partial charge in [-0.1, -0.05) is 62.6 Å². The Bertz CT molecular complexity index is 384. The molecule has 0 bridgehead atoms. The van der Waals surface area contributed by atoms with E-state index in [2.05, 4.69) is 6.92 Å². The minimum absolute atomic E-state index is 0. The average molecular weight is 334 g/mol. The zero-order valence-electron chi connectivity index (χ0n) is 12.4. The number of aryl methyl sites for hydroxylation is 1. The molecule has 0 heterocycles. The third-order valence-electron chi connectivity index (χ3n) is 4.11. The molecular weight excluding hydrogens is 308 g/mol. The van der Waals surface area contributed by atoms with E-state index in [-0.39, 0.29) is 17.1 Å². The van der Waals surface area contributed by atoms with Crippen LogP contribution in [0.25, 0.3) is 0 Å². The minimum Gasteiger partial charge on any atom is -0.254 e. The molecule has 114 valence electrons. The number of rotatable bonds is 2. The maximum absolute atomic E-state index is 12.1. The summed E-state index contributed by atoms with van der Waals surface area (Å²) < 4.78 is 12.1. The van der Waals surface area contributed by atoms with E-state index in [1.807, 2.05) is 24.3 Å². The first kappa shape index (κ1) is 17.9. The second kappa shape index (κ2) is 9.76. The zero-order chi connectivity index (χ0) is 13.5. The van der Waals surface area contributed by atoms with Crippen molar-refractivity contribution in [3.8, 4) is 0 Å². The van der Waals surface area contributed by atoms with Crippen molar-refractivity contribution < 1.29 is 21.3 Å². The van der Waals surface area contributed by atoms with Gasteiger partial charge in [-0.15, -0.1) is 0 Å². The molecule has 0 aliphatic heterocycles. The van der Waals surface area contributed by atoms with Gasteiger partial charge in [0.15, 0.2) is 0 Å². The molecule has 1 aromatic rings. The normalized spacial score (nSPS) is 19.9. The van der Waals surface area contributed by atoms with Crippen molar-refractivity contribution >= 4 is 10.8 Å². The maximum atomic E-state index is 12.1. The molecule has 1 atom stereocenters. The standard InChI is InChI=1S/C12H16OS.C5H10.Fe/c1-10-6-8-12(9-7-10)14(13)11-4-2-3-5-11;1-2-4-5-3-1;/h6-9,11H,2-5H2,1H3;1-5H2;. The Labute approximate surface area is 136 Å². The molecule has 0 N–H and O–H groups in total. The van der Waals surface area contributed by atoms with E-state index in [0.717, 1.165) is 17.7 Å². The molecule has 0 amide bonds. The predicted molar refractivity (Wildman–Crippen MR) is 82.9 cm³/mol. The number of benzene rings is 1. The van der Waals surface area contributed by atoms with Gasteiger partial charge in [0.2, 0.25) is 0 Å². The molecule has 1 unspecified atom stereocenters. The fourth-order valence-corrected chi connectivity index (χ4v) is 4.40. The van der Waals surface area contributed by atoms with Gasteiger partial charge in [-0.2, -0.15) is 0 Å². The Morgan fingerprint density at radius 1 is 0.850 bits per heavy atom. The largest absolute Gasteiger partial charge is 0.254 e. The van der Waals surface area contributed by atoms with Crippen LogP contribution in [0.2, 0.25) is 0 Å². The fourth-order valence-electron chi connectivity index (χ4n) is 2.85. The van der Waals surface area contributed by atoms with Crippen LogP contribution in [0, 0.1) is 6.92 Å². The summed E-state index contributed by atoms with van der Waals surface area (Å²) in [5.41, 5.74) is 1.23. The average Bonchev–Trinajstić information content (AvgIpc) is 3.15. The smallest absolute Gasteiger partial charge is 0.0560 e. The molecule has 0 spiro atoms. The molecular formula is C17H26FeOS. The molecule has 0 aromatic heterocycles. The molecule has 2 fully saturated rings. The minimum atomic E-state index is -0.767. The van der Waals surface area contributed by atoms with Crippen LogP contribution in [0.15, 0.2) is 29.2 Å². The van der Waals surface area contributed by atoms with Crippen LogP contribution in [0.3, 0.4) is 0 Å². The first-order valence-electron chi connectivity index (χ1n) is 7.74. The molecule has 3 rings (SSSR count). The Hall–Kier alpha value is -0.111. The van der Waals surface area contributed by atoms with Gasteiger partial charge >= 0.3 is 0 Å². The molecule has 2 aliphatic carbocycles. The van der Waals surface area contributed by atoms with Crippen LogP contribution >= 0.6 is 0 Å². The van der Waals surface area contributed by atoms with Crippen molar-refractivity contribution in [1.29, 1.82) is 0 Å². The van der Waals surface area contributed by atoms with Crippen molar-refractivity contribution in [1.82, 2.24) is 0 Å². The zero-order valence-corrected chi connectivity index (χ0v) is 14.3. The SMILES string of the molecule is C1CCCC1.Cc1ccc(S(=O)C2CCCC2)cc1.[Fe]. The first-order valence-corrected chi connectivity index (χ1v) is 8.96. The van der Waals surface area contributed by atoms with Gasteiger partial charge in [0, 0.05) is 27.2 Å². The van der Waals surface area contributed by atoms with Crippen LogP contribution in [-0.2, 0) is 27.9 Å².